The van der Waals surface area contributed by atoms with Gasteiger partial charge in [-0.1, -0.05) is 19.9 Å². The van der Waals surface area contributed by atoms with Crippen LogP contribution in [0.2, 0.25) is 0 Å². The van der Waals surface area contributed by atoms with Gasteiger partial charge in [0.2, 0.25) is 0 Å². The van der Waals surface area contributed by atoms with Crippen LogP contribution in [0.4, 0.5) is 0 Å². The number of aromatic nitrogens is 1. The first-order chi connectivity index (χ1) is 9.75. The zero-order valence-corrected chi connectivity index (χ0v) is 11.9. The Kier molecular flexibility index (Phi) is 4.58. The quantitative estimate of drug-likeness (QED) is 0.786. The first kappa shape index (κ1) is 14.3. The maximum Gasteiger partial charge on any atom is 0.335 e. The number of carboxylic acid groups (broad SMARTS) is 1. The highest BCUT2D eigenvalue weighted by atomic mass is 16.4. The first-order valence-electron chi connectivity index (χ1n) is 7.00. The molecular weight excluding hydrogens is 252 g/mol. The molecule has 0 aliphatic carbocycles. The van der Waals surface area contributed by atoms with Gasteiger partial charge in [-0.2, -0.15) is 0 Å². The van der Waals surface area contributed by atoms with E-state index >= 15 is 0 Å². The average molecular weight is 272 g/mol. The number of carboxylic acids is 1. The lowest BCUT2D eigenvalue weighted by molar-refractivity contribution is 0.0697. The first-order valence-corrected chi connectivity index (χ1v) is 7.00. The van der Waals surface area contributed by atoms with Crippen molar-refractivity contribution in [2.45, 2.75) is 20.3 Å². The number of nitrogens with one attached hydrogen (secondary N) is 2. The molecule has 0 saturated heterocycles. The van der Waals surface area contributed by atoms with Gasteiger partial charge in [-0.25, -0.2) is 4.79 Å². The van der Waals surface area contributed by atoms with Crippen LogP contribution in [-0.4, -0.2) is 29.1 Å². The second kappa shape index (κ2) is 6.39. The van der Waals surface area contributed by atoms with Crippen LogP contribution in [0.25, 0.3) is 16.5 Å². The summed E-state index contributed by atoms with van der Waals surface area (Å²) >= 11 is 0. The van der Waals surface area contributed by atoms with Crippen molar-refractivity contribution in [1.29, 1.82) is 0 Å². The minimum atomic E-state index is -0.886. The summed E-state index contributed by atoms with van der Waals surface area (Å²) in [6, 6.07) is 5.19. The fraction of sp³-hybridized carbons (Fsp3) is 0.312. The molecule has 0 atom stereocenters. The second-order valence-electron chi connectivity index (χ2n) is 4.45. The van der Waals surface area contributed by atoms with E-state index in [0.717, 1.165) is 36.0 Å². The summed E-state index contributed by atoms with van der Waals surface area (Å²) in [6.07, 6.45) is 5.11. The summed E-state index contributed by atoms with van der Waals surface area (Å²) in [5, 5.41) is 13.3. The SMILES string of the molecule is CC.O=C(O)c1ccc2[nH]cc(C3=CCNCC3)c2c1. The van der Waals surface area contributed by atoms with E-state index in [-0.39, 0.29) is 0 Å². The van der Waals surface area contributed by atoms with Crippen molar-refractivity contribution in [3.05, 3.63) is 41.6 Å². The van der Waals surface area contributed by atoms with E-state index < -0.39 is 5.97 Å². The van der Waals surface area contributed by atoms with E-state index in [1.54, 1.807) is 12.1 Å². The third kappa shape index (κ3) is 2.75. The fourth-order valence-electron chi connectivity index (χ4n) is 2.39. The van der Waals surface area contributed by atoms with Crippen LogP contribution in [0, 0.1) is 0 Å². The molecule has 0 fully saturated rings. The lowest BCUT2D eigenvalue weighted by Gasteiger charge is -2.13. The summed E-state index contributed by atoms with van der Waals surface area (Å²) < 4.78 is 0. The van der Waals surface area contributed by atoms with Gasteiger partial charge in [0.15, 0.2) is 0 Å². The van der Waals surface area contributed by atoms with E-state index in [4.69, 9.17) is 5.11 Å². The third-order valence-electron chi connectivity index (χ3n) is 3.34. The van der Waals surface area contributed by atoms with Gasteiger partial charge in [-0.3, -0.25) is 0 Å². The number of fused-ring (bicyclic) bond motifs is 1. The molecule has 0 radical (unpaired) electrons. The van der Waals surface area contributed by atoms with Crippen molar-refractivity contribution >= 4 is 22.4 Å². The molecule has 4 heteroatoms. The maximum atomic E-state index is 11.0. The summed E-state index contributed by atoms with van der Waals surface area (Å²) in [7, 11) is 0. The number of aromatic amines is 1. The van der Waals surface area contributed by atoms with Crippen LogP contribution in [-0.2, 0) is 0 Å². The lowest BCUT2D eigenvalue weighted by Crippen LogP contribution is -2.19. The lowest BCUT2D eigenvalue weighted by atomic mass is 9.99. The Bertz CT molecular complexity index is 641. The molecule has 2 aromatic rings. The van der Waals surface area contributed by atoms with Gasteiger partial charge in [0.25, 0.3) is 0 Å². The van der Waals surface area contributed by atoms with Crippen molar-refractivity contribution in [3.8, 4) is 0 Å². The monoisotopic (exact) mass is 272 g/mol. The number of hydrogen-bond donors (Lipinski definition) is 3. The highest BCUT2D eigenvalue weighted by Crippen LogP contribution is 2.28. The van der Waals surface area contributed by atoms with E-state index in [0.29, 0.717) is 5.56 Å². The molecule has 0 saturated carbocycles. The molecule has 20 heavy (non-hydrogen) atoms. The van der Waals surface area contributed by atoms with Gasteiger partial charge in [0, 0.05) is 29.2 Å². The van der Waals surface area contributed by atoms with Gasteiger partial charge in [0.05, 0.1) is 5.56 Å². The van der Waals surface area contributed by atoms with Crippen LogP contribution in [0.5, 0.6) is 0 Å². The van der Waals surface area contributed by atoms with Crippen molar-refractivity contribution in [3.63, 3.8) is 0 Å². The molecule has 1 aliphatic heterocycles. The molecule has 1 aliphatic rings. The number of aromatic carboxylic acids is 1. The van der Waals surface area contributed by atoms with E-state index in [2.05, 4.69) is 16.4 Å². The normalized spacial score (nSPS) is 14.4. The van der Waals surface area contributed by atoms with E-state index in [1.807, 2.05) is 26.1 Å². The van der Waals surface area contributed by atoms with Crippen molar-refractivity contribution in [2.75, 3.05) is 13.1 Å². The molecule has 2 heterocycles. The number of carbonyl (C=O) groups is 1. The highest BCUT2D eigenvalue weighted by Gasteiger charge is 2.12. The molecule has 0 spiro atoms. The predicted molar refractivity (Wildman–Crippen MR) is 82.1 cm³/mol. The largest absolute Gasteiger partial charge is 0.478 e. The van der Waals surface area contributed by atoms with Gasteiger partial charge in [-0.15, -0.1) is 0 Å². The van der Waals surface area contributed by atoms with Crippen LogP contribution < -0.4 is 5.32 Å². The minimum Gasteiger partial charge on any atom is -0.478 e. The van der Waals surface area contributed by atoms with Gasteiger partial charge in [0.1, 0.15) is 0 Å². The topological polar surface area (TPSA) is 65.1 Å². The fourth-order valence-corrected chi connectivity index (χ4v) is 2.39. The summed E-state index contributed by atoms with van der Waals surface area (Å²) in [5.74, 6) is -0.886. The zero-order chi connectivity index (χ0) is 14.5. The third-order valence-corrected chi connectivity index (χ3v) is 3.34. The smallest absolute Gasteiger partial charge is 0.335 e. The number of H-pyrrole nitrogens is 1. The van der Waals surface area contributed by atoms with Crippen molar-refractivity contribution in [2.24, 2.45) is 0 Å². The van der Waals surface area contributed by atoms with Crippen molar-refractivity contribution < 1.29 is 9.90 Å². The summed E-state index contributed by atoms with van der Waals surface area (Å²) in [5.41, 5.74) is 3.71. The molecule has 1 aromatic heterocycles. The van der Waals surface area contributed by atoms with E-state index in [9.17, 15) is 4.79 Å². The van der Waals surface area contributed by atoms with Crippen LogP contribution in [0.15, 0.2) is 30.5 Å². The predicted octanol–water partition coefficient (Wildman–Crippen LogP) is 3.27. The Morgan fingerprint density at radius 2 is 2.10 bits per heavy atom. The Balaban J connectivity index is 0.000000704. The molecule has 0 unspecified atom stereocenters. The molecule has 106 valence electrons. The van der Waals surface area contributed by atoms with Crippen LogP contribution >= 0.6 is 0 Å². The van der Waals surface area contributed by atoms with Gasteiger partial charge >= 0.3 is 5.97 Å². The Morgan fingerprint density at radius 1 is 1.30 bits per heavy atom. The standard InChI is InChI=1S/C14H14N2O2.C2H6/c17-14(18)10-1-2-13-11(7-10)12(8-16-13)9-3-5-15-6-4-9;1-2/h1-3,7-8,15-16H,4-6H2,(H,17,18);1-2H3. The molecule has 3 N–H and O–H groups in total. The zero-order valence-electron chi connectivity index (χ0n) is 11.9. The average Bonchev–Trinajstić information content (AvgIpc) is 2.93. The highest BCUT2D eigenvalue weighted by molar-refractivity contribution is 5.98. The van der Waals surface area contributed by atoms with Crippen LogP contribution in [0.3, 0.4) is 0 Å². The Hall–Kier alpha value is -2.07. The number of hydrogen-bond acceptors (Lipinski definition) is 2. The molecule has 3 rings (SSSR count). The van der Waals surface area contributed by atoms with Crippen LogP contribution in [0.1, 0.15) is 36.2 Å². The van der Waals surface area contributed by atoms with Gasteiger partial charge < -0.3 is 15.4 Å². The second-order valence-corrected chi connectivity index (χ2v) is 4.45. The Labute approximate surface area is 118 Å². The Morgan fingerprint density at radius 3 is 2.75 bits per heavy atom. The molecule has 4 nitrogen and oxygen atoms in total. The number of rotatable bonds is 2. The minimum absolute atomic E-state index is 0.331. The molecular formula is C16H20N2O2. The molecule has 1 aromatic carbocycles. The van der Waals surface area contributed by atoms with E-state index in [1.165, 1.54) is 5.57 Å². The summed E-state index contributed by atoms with van der Waals surface area (Å²) in [4.78, 5) is 14.2. The van der Waals surface area contributed by atoms with Gasteiger partial charge in [-0.05, 0) is 36.7 Å². The molecule has 0 bridgehead atoms. The summed E-state index contributed by atoms with van der Waals surface area (Å²) in [6.45, 7) is 5.84. The number of benzene rings is 1. The molecule has 0 amide bonds. The van der Waals surface area contributed by atoms with Crippen molar-refractivity contribution in [1.82, 2.24) is 10.3 Å². The maximum absolute atomic E-state index is 11.0.